The minimum Gasteiger partial charge on any atom is -0.232 e. The number of rotatable bonds is 9. The van der Waals surface area contributed by atoms with Gasteiger partial charge in [-0.2, -0.15) is 0 Å². The molecule has 1 unspecified atom stereocenters. The van der Waals surface area contributed by atoms with Gasteiger partial charge in [-0.05, 0) is 12.8 Å². The van der Waals surface area contributed by atoms with Crippen molar-refractivity contribution >= 4 is 10.7 Å². The van der Waals surface area contributed by atoms with E-state index in [1.807, 2.05) is 6.92 Å². The molecule has 2 nitrogen and oxygen atoms in total. The summed E-state index contributed by atoms with van der Waals surface area (Å²) < 4.78 is 21.5. The summed E-state index contributed by atoms with van der Waals surface area (Å²) in [5.41, 5.74) is 0. The topological polar surface area (TPSA) is 34.1 Å². The minimum absolute atomic E-state index is 0.0730. The highest BCUT2D eigenvalue weighted by Gasteiger charge is 2.07. The van der Waals surface area contributed by atoms with E-state index in [4.69, 9.17) is 0 Å². The van der Waals surface area contributed by atoms with E-state index in [1.165, 1.54) is 32.1 Å². The van der Waals surface area contributed by atoms with E-state index in [0.29, 0.717) is 0 Å². The van der Waals surface area contributed by atoms with Gasteiger partial charge in [-0.1, -0.05) is 52.4 Å². The summed E-state index contributed by atoms with van der Waals surface area (Å²) in [4.78, 5) is 0. The average molecular weight is 220 g/mol. The van der Waals surface area contributed by atoms with Gasteiger partial charge < -0.3 is 0 Å². The summed E-state index contributed by atoms with van der Waals surface area (Å²) in [6, 6.07) is 0. The molecule has 14 heavy (non-hydrogen) atoms. The molecule has 0 spiro atoms. The van der Waals surface area contributed by atoms with Crippen LogP contribution in [-0.2, 0) is 10.7 Å². The van der Waals surface area contributed by atoms with Crippen LogP contribution in [0.15, 0.2) is 0 Å². The molecule has 0 bridgehead atoms. The molecule has 1 atom stereocenters. The molecular weight excluding hydrogens is 196 g/mol. The molecule has 0 N–H and O–H groups in total. The molecule has 0 aromatic heterocycles. The molecule has 0 aliphatic carbocycles. The van der Waals surface area contributed by atoms with Crippen LogP contribution in [-0.4, -0.2) is 13.7 Å². The second-order valence-electron chi connectivity index (χ2n) is 3.90. The summed E-state index contributed by atoms with van der Waals surface area (Å²) in [6.07, 6.45) is 9.05. The Morgan fingerprint density at radius 1 is 0.929 bits per heavy atom. The van der Waals surface area contributed by atoms with Crippen LogP contribution in [0.2, 0.25) is 0 Å². The van der Waals surface area contributed by atoms with E-state index in [2.05, 4.69) is 6.92 Å². The molecule has 0 saturated heterocycles. The number of hydrogen-bond acceptors (Lipinski definition) is 2. The van der Waals surface area contributed by atoms with E-state index in [-0.39, 0.29) is 5.25 Å². The standard InChI is InChI=1S/C11H24O2S/c1-3-5-6-7-8-9-10-11(4-2)14(12)13/h11,14H,3-10H2,1-2H3. The van der Waals surface area contributed by atoms with Crippen LogP contribution < -0.4 is 0 Å². The minimum atomic E-state index is -2.19. The summed E-state index contributed by atoms with van der Waals surface area (Å²) in [5.74, 6) is 0. The summed E-state index contributed by atoms with van der Waals surface area (Å²) in [5, 5.41) is -0.0730. The van der Waals surface area contributed by atoms with Gasteiger partial charge in [-0.15, -0.1) is 0 Å². The Morgan fingerprint density at radius 3 is 2.00 bits per heavy atom. The molecule has 86 valence electrons. The van der Waals surface area contributed by atoms with Gasteiger partial charge in [-0.3, -0.25) is 0 Å². The van der Waals surface area contributed by atoms with E-state index < -0.39 is 10.7 Å². The summed E-state index contributed by atoms with van der Waals surface area (Å²) >= 11 is 0. The molecule has 0 aliphatic rings. The SMILES string of the molecule is CCCCCCCCC(CC)[SH](=O)=O. The van der Waals surface area contributed by atoms with Crippen molar-refractivity contribution in [1.82, 2.24) is 0 Å². The Kier molecular flexibility index (Phi) is 9.47. The van der Waals surface area contributed by atoms with Gasteiger partial charge >= 0.3 is 0 Å². The Morgan fingerprint density at radius 2 is 1.50 bits per heavy atom. The molecular formula is C11H24O2S. The van der Waals surface area contributed by atoms with Gasteiger partial charge in [0.05, 0.1) is 5.25 Å². The van der Waals surface area contributed by atoms with Gasteiger partial charge in [-0.25, -0.2) is 8.42 Å². The molecule has 0 saturated carbocycles. The number of unbranched alkanes of at least 4 members (excludes halogenated alkanes) is 5. The van der Waals surface area contributed by atoms with E-state index in [1.54, 1.807) is 0 Å². The normalized spacial score (nSPS) is 13.4. The van der Waals surface area contributed by atoms with Crippen molar-refractivity contribution in [1.29, 1.82) is 0 Å². The molecule has 0 aliphatic heterocycles. The summed E-state index contributed by atoms with van der Waals surface area (Å²) in [6.45, 7) is 4.15. The number of hydrogen-bond donors (Lipinski definition) is 1. The number of thiol groups is 1. The maximum absolute atomic E-state index is 10.7. The quantitative estimate of drug-likeness (QED) is 0.478. The Labute approximate surface area is 90.0 Å². The van der Waals surface area contributed by atoms with Crippen LogP contribution in [0, 0.1) is 0 Å². The van der Waals surface area contributed by atoms with Crippen LogP contribution >= 0.6 is 0 Å². The molecule has 0 rings (SSSR count). The summed E-state index contributed by atoms with van der Waals surface area (Å²) in [7, 11) is -2.19. The van der Waals surface area contributed by atoms with Gasteiger partial charge in [0.1, 0.15) is 10.7 Å². The lowest BCUT2D eigenvalue weighted by atomic mass is 10.1. The predicted octanol–water partition coefficient (Wildman–Crippen LogP) is 3.13. The van der Waals surface area contributed by atoms with Crippen LogP contribution in [0.1, 0.15) is 65.2 Å². The highest BCUT2D eigenvalue weighted by molar-refractivity contribution is 7.73. The maximum atomic E-state index is 10.7. The molecule has 0 aromatic carbocycles. The zero-order chi connectivity index (χ0) is 10.8. The lowest BCUT2D eigenvalue weighted by Crippen LogP contribution is -2.07. The zero-order valence-electron chi connectivity index (χ0n) is 9.50. The van der Waals surface area contributed by atoms with Crippen molar-refractivity contribution in [3.63, 3.8) is 0 Å². The first-order valence-electron chi connectivity index (χ1n) is 5.85. The second-order valence-corrected chi connectivity index (χ2v) is 5.20. The molecule has 0 aromatic rings. The fourth-order valence-electron chi connectivity index (χ4n) is 1.62. The Bertz CT molecular complexity index is 180. The van der Waals surface area contributed by atoms with Gasteiger partial charge in [0, 0.05) is 0 Å². The van der Waals surface area contributed by atoms with Crippen molar-refractivity contribution < 1.29 is 8.42 Å². The Balaban J connectivity index is 3.34. The first-order chi connectivity index (χ1) is 6.72. The van der Waals surface area contributed by atoms with Crippen LogP contribution in [0.4, 0.5) is 0 Å². The van der Waals surface area contributed by atoms with Gasteiger partial charge in [0.2, 0.25) is 0 Å². The predicted molar refractivity (Wildman–Crippen MR) is 62.4 cm³/mol. The largest absolute Gasteiger partial charge is 0.232 e. The van der Waals surface area contributed by atoms with Gasteiger partial charge in [0.15, 0.2) is 0 Å². The van der Waals surface area contributed by atoms with Crippen molar-refractivity contribution in [2.75, 3.05) is 0 Å². The lowest BCUT2D eigenvalue weighted by Gasteiger charge is -2.06. The van der Waals surface area contributed by atoms with Crippen molar-refractivity contribution in [2.45, 2.75) is 70.5 Å². The third-order valence-corrected chi connectivity index (χ3v) is 3.88. The second kappa shape index (κ2) is 9.50. The maximum Gasteiger partial charge on any atom is 0.142 e. The zero-order valence-corrected chi connectivity index (χ0v) is 10.4. The highest BCUT2D eigenvalue weighted by atomic mass is 32.2. The third-order valence-electron chi connectivity index (χ3n) is 2.66. The third kappa shape index (κ3) is 7.36. The van der Waals surface area contributed by atoms with Crippen molar-refractivity contribution in [3.05, 3.63) is 0 Å². The molecule has 0 heterocycles. The van der Waals surface area contributed by atoms with Gasteiger partial charge in [0.25, 0.3) is 0 Å². The van der Waals surface area contributed by atoms with Crippen molar-refractivity contribution in [3.8, 4) is 0 Å². The van der Waals surface area contributed by atoms with E-state index in [0.717, 1.165) is 19.3 Å². The van der Waals surface area contributed by atoms with Crippen LogP contribution in [0.25, 0.3) is 0 Å². The first-order valence-corrected chi connectivity index (χ1v) is 7.10. The molecule has 3 heteroatoms. The fourth-order valence-corrected chi connectivity index (χ4v) is 2.31. The molecule has 0 amide bonds. The monoisotopic (exact) mass is 220 g/mol. The highest BCUT2D eigenvalue weighted by Crippen LogP contribution is 2.11. The smallest absolute Gasteiger partial charge is 0.142 e. The first kappa shape index (κ1) is 13.9. The molecule has 0 fully saturated rings. The van der Waals surface area contributed by atoms with E-state index >= 15 is 0 Å². The lowest BCUT2D eigenvalue weighted by molar-refractivity contribution is 0.552. The van der Waals surface area contributed by atoms with Crippen LogP contribution in [0.5, 0.6) is 0 Å². The Hall–Kier alpha value is -0.0500. The van der Waals surface area contributed by atoms with Crippen LogP contribution in [0.3, 0.4) is 0 Å². The fraction of sp³-hybridized carbons (Fsp3) is 1.00. The van der Waals surface area contributed by atoms with Crippen molar-refractivity contribution in [2.24, 2.45) is 0 Å². The average Bonchev–Trinajstić information content (AvgIpc) is 2.16. The molecule has 0 radical (unpaired) electrons. The van der Waals surface area contributed by atoms with E-state index in [9.17, 15) is 8.42 Å².